The monoisotopic (exact) mass is 382 g/mol. The zero-order valence-corrected chi connectivity index (χ0v) is 17.9. The van der Waals surface area contributed by atoms with Crippen LogP contribution in [0.2, 0.25) is 0 Å². The van der Waals surface area contributed by atoms with Gasteiger partial charge in [-0.05, 0) is 66.1 Å². The van der Waals surface area contributed by atoms with Crippen LogP contribution in [0.5, 0.6) is 11.5 Å². The molecule has 0 saturated carbocycles. The van der Waals surface area contributed by atoms with Gasteiger partial charge in [0.05, 0.1) is 5.41 Å². The number of para-hydroxylation sites is 1. The Bertz CT molecular complexity index is 963. The summed E-state index contributed by atoms with van der Waals surface area (Å²) >= 11 is 0. The van der Waals surface area contributed by atoms with E-state index in [2.05, 4.69) is 70.0 Å². The molecule has 2 atom stereocenters. The third-order valence-corrected chi connectivity index (χ3v) is 5.88. The van der Waals surface area contributed by atoms with Gasteiger partial charge in [-0.1, -0.05) is 81.3 Å². The molecule has 0 N–H and O–H groups in total. The summed E-state index contributed by atoms with van der Waals surface area (Å²) in [5.41, 5.74) is 3.44. The van der Waals surface area contributed by atoms with Crippen LogP contribution >= 0.6 is 0 Å². The average Bonchev–Trinajstić information content (AvgIpc) is 2.74. The normalized spacial score (nSPS) is 14.1. The molecule has 0 amide bonds. The zero-order chi connectivity index (χ0) is 20.9. The molecule has 3 rings (SSSR count). The second kappa shape index (κ2) is 9.01. The summed E-state index contributed by atoms with van der Waals surface area (Å²) < 4.78 is 5.99. The molecule has 1 heteroatoms. The SMILES string of the molecule is C#CC(C)(c1ccc(C(C)C)cc1)C(C)Cc1cccc(Oc2ccccc2)c1. The molecule has 0 bridgehead atoms. The van der Waals surface area contributed by atoms with Gasteiger partial charge in [0.25, 0.3) is 0 Å². The molecular formula is C28H30O. The first-order valence-corrected chi connectivity index (χ1v) is 10.3. The fourth-order valence-electron chi connectivity index (χ4n) is 3.64. The number of hydrogen-bond donors (Lipinski definition) is 0. The Kier molecular flexibility index (Phi) is 6.45. The first-order valence-electron chi connectivity index (χ1n) is 10.3. The minimum absolute atomic E-state index is 0.282. The van der Waals surface area contributed by atoms with Crippen LogP contribution in [0, 0.1) is 18.3 Å². The Morgan fingerprint density at radius 2 is 1.52 bits per heavy atom. The molecule has 1 nitrogen and oxygen atoms in total. The van der Waals surface area contributed by atoms with Crippen molar-refractivity contribution in [2.45, 2.75) is 45.4 Å². The van der Waals surface area contributed by atoms with E-state index in [1.165, 1.54) is 16.7 Å². The Morgan fingerprint density at radius 1 is 0.862 bits per heavy atom. The van der Waals surface area contributed by atoms with Gasteiger partial charge in [0.1, 0.15) is 11.5 Å². The molecule has 3 aromatic rings. The summed E-state index contributed by atoms with van der Waals surface area (Å²) in [4.78, 5) is 0. The van der Waals surface area contributed by atoms with Crippen molar-refractivity contribution >= 4 is 0 Å². The lowest BCUT2D eigenvalue weighted by atomic mass is 9.71. The second-order valence-corrected chi connectivity index (χ2v) is 8.29. The highest BCUT2D eigenvalue weighted by molar-refractivity contribution is 5.39. The van der Waals surface area contributed by atoms with E-state index in [1.807, 2.05) is 42.5 Å². The molecule has 3 aromatic carbocycles. The Balaban J connectivity index is 1.78. The number of rotatable bonds is 7. The summed E-state index contributed by atoms with van der Waals surface area (Å²) in [6, 6.07) is 27.0. The minimum atomic E-state index is -0.328. The topological polar surface area (TPSA) is 9.23 Å². The lowest BCUT2D eigenvalue weighted by Gasteiger charge is -2.32. The molecule has 0 fully saturated rings. The third-order valence-electron chi connectivity index (χ3n) is 5.88. The van der Waals surface area contributed by atoms with Crippen LogP contribution in [0.1, 0.15) is 50.3 Å². The maximum absolute atomic E-state index is 6.05. The quantitative estimate of drug-likeness (QED) is 0.388. The van der Waals surface area contributed by atoms with Crippen LogP contribution in [0.3, 0.4) is 0 Å². The molecule has 0 aromatic heterocycles. The van der Waals surface area contributed by atoms with Crippen LogP contribution in [0.25, 0.3) is 0 Å². The largest absolute Gasteiger partial charge is 0.457 e. The van der Waals surface area contributed by atoms with Crippen LogP contribution in [0.4, 0.5) is 0 Å². The van der Waals surface area contributed by atoms with E-state index in [-0.39, 0.29) is 11.3 Å². The van der Waals surface area contributed by atoms with E-state index in [9.17, 15) is 0 Å². The van der Waals surface area contributed by atoms with Crippen molar-refractivity contribution in [2.75, 3.05) is 0 Å². The van der Waals surface area contributed by atoms with Crippen molar-refractivity contribution in [3.8, 4) is 23.8 Å². The number of hydrogen-bond acceptors (Lipinski definition) is 1. The minimum Gasteiger partial charge on any atom is -0.457 e. The molecule has 148 valence electrons. The van der Waals surface area contributed by atoms with Gasteiger partial charge >= 0.3 is 0 Å². The number of benzene rings is 3. The van der Waals surface area contributed by atoms with Crippen LogP contribution in [-0.2, 0) is 11.8 Å². The van der Waals surface area contributed by atoms with Crippen LogP contribution in [0.15, 0.2) is 78.9 Å². The van der Waals surface area contributed by atoms with Gasteiger partial charge < -0.3 is 4.74 Å². The third kappa shape index (κ3) is 4.90. The van der Waals surface area contributed by atoms with E-state index in [0.29, 0.717) is 5.92 Å². The Hall–Kier alpha value is -2.98. The molecule has 0 heterocycles. The van der Waals surface area contributed by atoms with Gasteiger partial charge in [-0.15, -0.1) is 6.42 Å². The smallest absolute Gasteiger partial charge is 0.127 e. The first kappa shape index (κ1) is 20.7. The number of ether oxygens (including phenoxy) is 1. The van der Waals surface area contributed by atoms with Crippen molar-refractivity contribution in [3.63, 3.8) is 0 Å². The van der Waals surface area contributed by atoms with Crippen molar-refractivity contribution in [1.82, 2.24) is 0 Å². The van der Waals surface area contributed by atoms with Gasteiger partial charge in [0, 0.05) is 0 Å². The zero-order valence-electron chi connectivity index (χ0n) is 17.9. The van der Waals surface area contributed by atoms with E-state index >= 15 is 0 Å². The first-order chi connectivity index (χ1) is 13.9. The molecule has 2 unspecified atom stereocenters. The van der Waals surface area contributed by atoms with E-state index in [4.69, 9.17) is 11.2 Å². The molecule has 0 saturated heterocycles. The van der Waals surface area contributed by atoms with Crippen molar-refractivity contribution < 1.29 is 4.74 Å². The molecule has 0 aliphatic rings. The van der Waals surface area contributed by atoms with Crippen molar-refractivity contribution in [3.05, 3.63) is 95.6 Å². The summed E-state index contributed by atoms with van der Waals surface area (Å²) in [5.74, 6) is 5.58. The molecular weight excluding hydrogens is 352 g/mol. The van der Waals surface area contributed by atoms with Crippen LogP contribution < -0.4 is 4.74 Å². The lowest BCUT2D eigenvalue weighted by Crippen LogP contribution is -2.30. The number of terminal acetylenes is 1. The van der Waals surface area contributed by atoms with Gasteiger partial charge in [-0.3, -0.25) is 0 Å². The van der Waals surface area contributed by atoms with E-state index in [0.717, 1.165) is 17.9 Å². The summed E-state index contributed by atoms with van der Waals surface area (Å²) in [7, 11) is 0. The molecule has 0 radical (unpaired) electrons. The van der Waals surface area contributed by atoms with E-state index in [1.54, 1.807) is 0 Å². The molecule has 0 aliphatic carbocycles. The van der Waals surface area contributed by atoms with E-state index < -0.39 is 0 Å². The maximum atomic E-state index is 6.05. The summed E-state index contributed by atoms with van der Waals surface area (Å²) in [6.45, 7) is 8.83. The summed E-state index contributed by atoms with van der Waals surface area (Å²) in [6.07, 6.45) is 6.94. The predicted molar refractivity (Wildman–Crippen MR) is 123 cm³/mol. The highest BCUT2D eigenvalue weighted by Crippen LogP contribution is 2.35. The van der Waals surface area contributed by atoms with Crippen molar-refractivity contribution in [1.29, 1.82) is 0 Å². The fourth-order valence-corrected chi connectivity index (χ4v) is 3.64. The maximum Gasteiger partial charge on any atom is 0.127 e. The molecule has 0 aliphatic heterocycles. The van der Waals surface area contributed by atoms with Crippen molar-refractivity contribution in [2.24, 2.45) is 5.92 Å². The van der Waals surface area contributed by atoms with Gasteiger partial charge in [0.2, 0.25) is 0 Å². The average molecular weight is 383 g/mol. The lowest BCUT2D eigenvalue weighted by molar-refractivity contribution is 0.398. The standard InChI is InChI=1S/C28H30O/c1-6-28(5,25-17-15-24(16-18-25)21(2)3)22(4)19-23-11-10-14-27(20-23)29-26-12-8-7-9-13-26/h1,7-18,20-22H,19H2,2-5H3. The molecule has 29 heavy (non-hydrogen) atoms. The van der Waals surface area contributed by atoms with Gasteiger partial charge in [-0.25, -0.2) is 0 Å². The summed E-state index contributed by atoms with van der Waals surface area (Å²) in [5, 5.41) is 0. The second-order valence-electron chi connectivity index (χ2n) is 8.29. The highest BCUT2D eigenvalue weighted by atomic mass is 16.5. The van der Waals surface area contributed by atoms with Gasteiger partial charge in [0.15, 0.2) is 0 Å². The van der Waals surface area contributed by atoms with Crippen LogP contribution in [-0.4, -0.2) is 0 Å². The predicted octanol–water partition coefficient (Wildman–Crippen LogP) is 7.37. The highest BCUT2D eigenvalue weighted by Gasteiger charge is 2.31. The Labute approximate surface area is 175 Å². The molecule has 0 spiro atoms. The Morgan fingerprint density at radius 3 is 2.14 bits per heavy atom. The fraction of sp³-hybridized carbons (Fsp3) is 0.286. The van der Waals surface area contributed by atoms with Gasteiger partial charge in [-0.2, -0.15) is 0 Å².